The summed E-state index contributed by atoms with van der Waals surface area (Å²) in [6.45, 7) is 0.0746. The molecule has 0 amide bonds. The van der Waals surface area contributed by atoms with E-state index in [9.17, 15) is 13.2 Å². The van der Waals surface area contributed by atoms with Crippen LogP contribution in [0.1, 0.15) is 12.8 Å². The molecule has 0 saturated heterocycles. The van der Waals surface area contributed by atoms with Crippen LogP contribution in [0.5, 0.6) is 0 Å². The predicted octanol–water partition coefficient (Wildman–Crippen LogP) is 3.40. The number of sulfonamides is 1. The SMILES string of the molecule is O=C(O)CCCN(c1ccc(Cl)cc1)S(=O)(=O)c1ccccc1. The first kappa shape index (κ1) is 17.3. The van der Waals surface area contributed by atoms with Crippen LogP contribution in [0, 0.1) is 0 Å². The monoisotopic (exact) mass is 353 g/mol. The molecule has 1 N–H and O–H groups in total. The number of aliphatic carboxylic acids is 1. The van der Waals surface area contributed by atoms with Gasteiger partial charge in [-0.15, -0.1) is 0 Å². The minimum atomic E-state index is -3.77. The third-order valence-corrected chi connectivity index (χ3v) is 5.29. The maximum absolute atomic E-state index is 12.8. The summed E-state index contributed by atoms with van der Waals surface area (Å²) < 4.78 is 26.9. The first-order chi connectivity index (χ1) is 10.9. The van der Waals surface area contributed by atoms with Crippen molar-refractivity contribution in [3.05, 3.63) is 59.6 Å². The molecule has 0 radical (unpaired) electrons. The Morgan fingerprint density at radius 3 is 2.22 bits per heavy atom. The number of benzene rings is 2. The molecule has 0 aromatic heterocycles. The third kappa shape index (κ3) is 4.46. The van der Waals surface area contributed by atoms with Crippen molar-refractivity contribution in [2.45, 2.75) is 17.7 Å². The molecule has 2 aromatic carbocycles. The number of rotatable bonds is 7. The second-order valence-electron chi connectivity index (χ2n) is 4.86. The van der Waals surface area contributed by atoms with E-state index in [1.54, 1.807) is 42.5 Å². The van der Waals surface area contributed by atoms with Gasteiger partial charge in [0.25, 0.3) is 10.0 Å². The normalized spacial score (nSPS) is 11.2. The van der Waals surface area contributed by atoms with Gasteiger partial charge in [0.05, 0.1) is 10.6 Å². The van der Waals surface area contributed by atoms with Crippen molar-refractivity contribution >= 4 is 33.3 Å². The molecule has 0 aliphatic heterocycles. The summed E-state index contributed by atoms with van der Waals surface area (Å²) in [4.78, 5) is 10.9. The first-order valence-corrected chi connectivity index (χ1v) is 8.78. The summed E-state index contributed by atoms with van der Waals surface area (Å²) in [6.07, 6.45) is 0.110. The molecule has 0 fully saturated rings. The lowest BCUT2D eigenvalue weighted by atomic mass is 10.3. The number of carboxylic acid groups (broad SMARTS) is 1. The van der Waals surface area contributed by atoms with Gasteiger partial charge in [-0.3, -0.25) is 9.10 Å². The fraction of sp³-hybridized carbons (Fsp3) is 0.188. The van der Waals surface area contributed by atoms with E-state index in [0.29, 0.717) is 10.7 Å². The Kier molecular flexibility index (Phi) is 5.63. The lowest BCUT2D eigenvalue weighted by Gasteiger charge is -2.24. The summed E-state index contributed by atoms with van der Waals surface area (Å²) in [5, 5.41) is 9.26. The Morgan fingerprint density at radius 1 is 1.04 bits per heavy atom. The highest BCUT2D eigenvalue weighted by Gasteiger charge is 2.24. The van der Waals surface area contributed by atoms with Crippen LogP contribution in [0.3, 0.4) is 0 Å². The second kappa shape index (κ2) is 7.48. The summed E-state index contributed by atoms with van der Waals surface area (Å²) >= 11 is 5.85. The summed E-state index contributed by atoms with van der Waals surface area (Å²) in [5.41, 5.74) is 0.448. The number of halogens is 1. The minimum absolute atomic E-state index is 0.0746. The predicted molar refractivity (Wildman–Crippen MR) is 89.3 cm³/mol. The van der Waals surface area contributed by atoms with Gasteiger partial charge in [0.2, 0.25) is 0 Å². The van der Waals surface area contributed by atoms with Crippen LogP contribution < -0.4 is 4.31 Å². The van der Waals surface area contributed by atoms with Crippen molar-refractivity contribution < 1.29 is 18.3 Å². The van der Waals surface area contributed by atoms with Crippen molar-refractivity contribution in [3.63, 3.8) is 0 Å². The molecule has 0 aliphatic carbocycles. The number of hydrogen-bond acceptors (Lipinski definition) is 3. The molecule has 0 saturated carbocycles. The fourth-order valence-electron chi connectivity index (χ4n) is 2.09. The molecule has 0 unspecified atom stereocenters. The quantitative estimate of drug-likeness (QED) is 0.827. The van der Waals surface area contributed by atoms with Crippen LogP contribution in [-0.2, 0) is 14.8 Å². The smallest absolute Gasteiger partial charge is 0.303 e. The van der Waals surface area contributed by atoms with E-state index in [-0.39, 0.29) is 24.3 Å². The minimum Gasteiger partial charge on any atom is -0.481 e. The number of carbonyl (C=O) groups is 1. The fourth-order valence-corrected chi connectivity index (χ4v) is 3.74. The Bertz CT molecular complexity index is 760. The van der Waals surface area contributed by atoms with E-state index in [1.807, 2.05) is 0 Å². The van der Waals surface area contributed by atoms with Gasteiger partial charge in [-0.2, -0.15) is 0 Å². The van der Waals surface area contributed by atoms with Crippen LogP contribution >= 0.6 is 11.6 Å². The van der Waals surface area contributed by atoms with Gasteiger partial charge in [-0.1, -0.05) is 29.8 Å². The van der Waals surface area contributed by atoms with E-state index in [2.05, 4.69) is 0 Å². The average molecular weight is 354 g/mol. The van der Waals surface area contributed by atoms with Crippen molar-refractivity contribution in [3.8, 4) is 0 Å². The third-order valence-electron chi connectivity index (χ3n) is 3.20. The zero-order valence-corrected chi connectivity index (χ0v) is 13.8. The average Bonchev–Trinajstić information content (AvgIpc) is 2.53. The number of hydrogen-bond donors (Lipinski definition) is 1. The van der Waals surface area contributed by atoms with E-state index < -0.39 is 16.0 Å². The highest BCUT2D eigenvalue weighted by atomic mass is 35.5. The topological polar surface area (TPSA) is 74.7 Å². The Morgan fingerprint density at radius 2 is 1.65 bits per heavy atom. The number of anilines is 1. The standard InChI is InChI=1S/C16H16ClNO4S/c17-13-8-10-14(11-9-13)18(12-4-7-16(19)20)23(21,22)15-5-2-1-3-6-15/h1-3,5-6,8-11H,4,7,12H2,(H,19,20). The van der Waals surface area contributed by atoms with E-state index in [4.69, 9.17) is 16.7 Å². The molecule has 2 rings (SSSR count). The maximum atomic E-state index is 12.8. The van der Waals surface area contributed by atoms with Crippen LogP contribution in [0.2, 0.25) is 5.02 Å². The van der Waals surface area contributed by atoms with Crippen molar-refractivity contribution in [2.24, 2.45) is 0 Å². The second-order valence-corrected chi connectivity index (χ2v) is 7.16. The maximum Gasteiger partial charge on any atom is 0.303 e. The van der Waals surface area contributed by atoms with Crippen LogP contribution in [0.4, 0.5) is 5.69 Å². The molecule has 0 atom stereocenters. The van der Waals surface area contributed by atoms with Crippen molar-refractivity contribution in [1.29, 1.82) is 0 Å². The highest BCUT2D eigenvalue weighted by Crippen LogP contribution is 2.25. The lowest BCUT2D eigenvalue weighted by molar-refractivity contribution is -0.137. The molecule has 122 valence electrons. The first-order valence-electron chi connectivity index (χ1n) is 6.96. The Hall–Kier alpha value is -2.05. The van der Waals surface area contributed by atoms with Gasteiger partial charge in [-0.05, 0) is 42.8 Å². The van der Waals surface area contributed by atoms with Gasteiger partial charge in [-0.25, -0.2) is 8.42 Å². The van der Waals surface area contributed by atoms with Crippen LogP contribution in [0.15, 0.2) is 59.5 Å². The summed E-state index contributed by atoms with van der Waals surface area (Å²) in [5.74, 6) is -0.960. The van der Waals surface area contributed by atoms with Crippen LogP contribution in [0.25, 0.3) is 0 Å². The molecule has 0 bridgehead atoms. The highest BCUT2D eigenvalue weighted by molar-refractivity contribution is 7.92. The molecule has 7 heteroatoms. The number of nitrogens with zero attached hydrogens (tertiary/aromatic N) is 1. The Balaban J connectivity index is 2.36. The van der Waals surface area contributed by atoms with E-state index >= 15 is 0 Å². The van der Waals surface area contributed by atoms with Gasteiger partial charge in [0.15, 0.2) is 0 Å². The molecule has 2 aromatic rings. The lowest BCUT2D eigenvalue weighted by Crippen LogP contribution is -2.32. The molecule has 5 nitrogen and oxygen atoms in total. The zero-order valence-electron chi connectivity index (χ0n) is 12.2. The van der Waals surface area contributed by atoms with Gasteiger partial charge in [0, 0.05) is 18.0 Å². The van der Waals surface area contributed by atoms with Gasteiger partial charge < -0.3 is 5.11 Å². The Labute approximate surface area is 140 Å². The largest absolute Gasteiger partial charge is 0.481 e. The van der Waals surface area contributed by atoms with Crippen LogP contribution in [-0.4, -0.2) is 26.0 Å². The van der Waals surface area contributed by atoms with E-state index in [1.165, 1.54) is 16.4 Å². The molecular formula is C16H16ClNO4S. The molecule has 23 heavy (non-hydrogen) atoms. The van der Waals surface area contributed by atoms with E-state index in [0.717, 1.165) is 0 Å². The van der Waals surface area contributed by atoms with Gasteiger partial charge >= 0.3 is 5.97 Å². The van der Waals surface area contributed by atoms with Crippen molar-refractivity contribution in [2.75, 3.05) is 10.8 Å². The summed E-state index contributed by atoms with van der Waals surface area (Å²) in [7, 11) is -3.77. The molecule has 0 aliphatic rings. The molecule has 0 spiro atoms. The number of carboxylic acids is 1. The zero-order chi connectivity index (χ0) is 16.9. The van der Waals surface area contributed by atoms with Crippen molar-refractivity contribution in [1.82, 2.24) is 0 Å². The summed E-state index contributed by atoms with van der Waals surface area (Å²) in [6, 6.07) is 14.4. The van der Waals surface area contributed by atoms with Gasteiger partial charge in [0.1, 0.15) is 0 Å². The molecular weight excluding hydrogens is 338 g/mol. The molecule has 0 heterocycles.